The first-order valence-corrected chi connectivity index (χ1v) is 7.61. The molecule has 0 amide bonds. The van der Waals surface area contributed by atoms with Gasteiger partial charge in [-0.15, -0.1) is 0 Å². The first-order valence-electron chi connectivity index (χ1n) is 6.81. The predicted molar refractivity (Wildman–Crippen MR) is 78.3 cm³/mol. The van der Waals surface area contributed by atoms with Gasteiger partial charge in [-0.2, -0.15) is 0 Å². The highest BCUT2D eigenvalue weighted by Gasteiger charge is 2.30. The van der Waals surface area contributed by atoms with Crippen LogP contribution in [0.2, 0.25) is 0 Å². The standard InChI is InChI=1S/C14H22BrN3/c1-2-18-8-4-3-5-11(9-16)14(18)13-7-6-12(15)10-17-13/h6-7,10-11,14H,2-5,8-9,16H2,1H3. The zero-order valence-electron chi connectivity index (χ0n) is 11.0. The fraction of sp³-hybridized carbons (Fsp3) is 0.643. The monoisotopic (exact) mass is 311 g/mol. The zero-order valence-corrected chi connectivity index (χ0v) is 12.6. The van der Waals surface area contributed by atoms with Gasteiger partial charge in [-0.05, 0) is 66.5 Å². The molecule has 0 aromatic carbocycles. The number of nitrogens with two attached hydrogens (primary N) is 1. The quantitative estimate of drug-likeness (QED) is 0.933. The molecule has 1 aromatic rings. The lowest BCUT2D eigenvalue weighted by molar-refractivity contribution is 0.162. The zero-order chi connectivity index (χ0) is 13.0. The summed E-state index contributed by atoms with van der Waals surface area (Å²) in [4.78, 5) is 7.12. The SMILES string of the molecule is CCN1CCCCC(CN)C1c1ccc(Br)cn1. The summed E-state index contributed by atoms with van der Waals surface area (Å²) in [6.07, 6.45) is 5.67. The smallest absolute Gasteiger partial charge is 0.0579 e. The summed E-state index contributed by atoms with van der Waals surface area (Å²) < 4.78 is 1.03. The molecule has 1 fully saturated rings. The maximum absolute atomic E-state index is 5.98. The Balaban J connectivity index is 2.29. The number of nitrogens with zero attached hydrogens (tertiary/aromatic N) is 2. The van der Waals surface area contributed by atoms with Crippen LogP contribution in [0.25, 0.3) is 0 Å². The Labute approximate surface area is 118 Å². The lowest BCUT2D eigenvalue weighted by atomic mass is 9.92. The predicted octanol–water partition coefficient (Wildman–Crippen LogP) is 2.97. The third kappa shape index (κ3) is 3.11. The van der Waals surface area contributed by atoms with Gasteiger partial charge in [0.2, 0.25) is 0 Å². The molecule has 1 aliphatic rings. The lowest BCUT2D eigenvalue weighted by Gasteiger charge is -2.33. The molecule has 2 heterocycles. The van der Waals surface area contributed by atoms with Crippen molar-refractivity contribution in [2.75, 3.05) is 19.6 Å². The highest BCUT2D eigenvalue weighted by molar-refractivity contribution is 9.10. The largest absolute Gasteiger partial charge is 0.330 e. The van der Waals surface area contributed by atoms with Gasteiger partial charge in [0.15, 0.2) is 0 Å². The van der Waals surface area contributed by atoms with Crippen molar-refractivity contribution in [1.82, 2.24) is 9.88 Å². The fourth-order valence-corrected chi connectivity index (χ4v) is 3.14. The number of rotatable bonds is 3. The van der Waals surface area contributed by atoms with Crippen molar-refractivity contribution in [1.29, 1.82) is 0 Å². The lowest BCUT2D eigenvalue weighted by Crippen LogP contribution is -2.36. The van der Waals surface area contributed by atoms with Gasteiger partial charge >= 0.3 is 0 Å². The second-order valence-corrected chi connectivity index (χ2v) is 5.88. The summed E-state index contributed by atoms with van der Waals surface area (Å²) in [6.45, 7) is 5.21. The highest BCUT2D eigenvalue weighted by atomic mass is 79.9. The van der Waals surface area contributed by atoms with E-state index in [1.54, 1.807) is 0 Å². The Hall–Kier alpha value is -0.450. The van der Waals surface area contributed by atoms with E-state index in [-0.39, 0.29) is 0 Å². The number of pyridine rings is 1. The first-order chi connectivity index (χ1) is 8.76. The normalized spacial score (nSPS) is 25.9. The number of hydrogen-bond acceptors (Lipinski definition) is 3. The molecular formula is C14H22BrN3. The Bertz CT molecular complexity index is 352. The maximum Gasteiger partial charge on any atom is 0.0579 e. The molecule has 1 aliphatic heterocycles. The number of aromatic nitrogens is 1. The van der Waals surface area contributed by atoms with E-state index >= 15 is 0 Å². The van der Waals surface area contributed by atoms with Crippen LogP contribution in [0.1, 0.15) is 37.9 Å². The second-order valence-electron chi connectivity index (χ2n) is 4.97. The molecule has 2 atom stereocenters. The maximum atomic E-state index is 5.98. The van der Waals surface area contributed by atoms with Gasteiger partial charge < -0.3 is 5.73 Å². The number of likely N-dealkylation sites (tertiary alicyclic amines) is 1. The van der Waals surface area contributed by atoms with Crippen molar-refractivity contribution in [2.24, 2.45) is 11.7 Å². The molecule has 100 valence electrons. The Morgan fingerprint density at radius 2 is 2.28 bits per heavy atom. The van der Waals surface area contributed by atoms with Crippen molar-refractivity contribution in [3.05, 3.63) is 28.5 Å². The number of hydrogen-bond donors (Lipinski definition) is 1. The fourth-order valence-electron chi connectivity index (χ4n) is 2.91. The Morgan fingerprint density at radius 3 is 2.89 bits per heavy atom. The summed E-state index contributed by atoms with van der Waals surface area (Å²) in [6, 6.07) is 4.59. The molecule has 4 heteroatoms. The van der Waals surface area contributed by atoms with Crippen LogP contribution >= 0.6 is 15.9 Å². The van der Waals surface area contributed by atoms with E-state index in [1.807, 2.05) is 6.20 Å². The van der Waals surface area contributed by atoms with Crippen molar-refractivity contribution < 1.29 is 0 Å². The van der Waals surface area contributed by atoms with E-state index in [1.165, 1.54) is 19.3 Å². The van der Waals surface area contributed by atoms with Crippen molar-refractivity contribution in [3.8, 4) is 0 Å². The van der Waals surface area contributed by atoms with Crippen LogP contribution in [0, 0.1) is 5.92 Å². The van der Waals surface area contributed by atoms with Crippen LogP contribution < -0.4 is 5.73 Å². The molecule has 2 unspecified atom stereocenters. The van der Waals surface area contributed by atoms with E-state index in [0.717, 1.165) is 29.8 Å². The highest BCUT2D eigenvalue weighted by Crippen LogP contribution is 2.33. The third-order valence-corrected chi connectivity index (χ3v) is 4.34. The van der Waals surface area contributed by atoms with Gasteiger partial charge in [-0.3, -0.25) is 9.88 Å². The van der Waals surface area contributed by atoms with Crippen molar-refractivity contribution in [3.63, 3.8) is 0 Å². The molecule has 0 bridgehead atoms. The molecule has 1 aromatic heterocycles. The molecule has 3 nitrogen and oxygen atoms in total. The van der Waals surface area contributed by atoms with Gasteiger partial charge in [0, 0.05) is 10.7 Å². The van der Waals surface area contributed by atoms with E-state index in [0.29, 0.717) is 12.0 Å². The minimum absolute atomic E-state index is 0.385. The van der Waals surface area contributed by atoms with E-state index in [9.17, 15) is 0 Å². The van der Waals surface area contributed by atoms with Gasteiger partial charge in [-0.1, -0.05) is 13.3 Å². The van der Waals surface area contributed by atoms with Gasteiger partial charge in [0.1, 0.15) is 0 Å². The number of halogens is 1. The van der Waals surface area contributed by atoms with Crippen LogP contribution in [0.3, 0.4) is 0 Å². The molecule has 18 heavy (non-hydrogen) atoms. The van der Waals surface area contributed by atoms with Crippen LogP contribution in [-0.2, 0) is 0 Å². The summed E-state index contributed by atoms with van der Waals surface area (Å²) in [5.74, 6) is 0.529. The van der Waals surface area contributed by atoms with Crippen LogP contribution in [0.15, 0.2) is 22.8 Å². The molecule has 0 spiro atoms. The Kier molecular flexibility index (Phi) is 5.15. The Morgan fingerprint density at radius 1 is 1.44 bits per heavy atom. The molecule has 0 radical (unpaired) electrons. The van der Waals surface area contributed by atoms with Gasteiger partial charge in [0.05, 0.1) is 11.7 Å². The average Bonchev–Trinajstić information content (AvgIpc) is 2.61. The third-order valence-electron chi connectivity index (χ3n) is 3.87. The summed E-state index contributed by atoms with van der Waals surface area (Å²) in [5.41, 5.74) is 7.15. The molecular weight excluding hydrogens is 290 g/mol. The molecule has 0 saturated carbocycles. The van der Waals surface area contributed by atoms with Crippen LogP contribution in [0.4, 0.5) is 0 Å². The van der Waals surface area contributed by atoms with Crippen LogP contribution in [-0.4, -0.2) is 29.5 Å². The van der Waals surface area contributed by atoms with Crippen molar-refractivity contribution >= 4 is 15.9 Å². The van der Waals surface area contributed by atoms with Gasteiger partial charge in [0.25, 0.3) is 0 Å². The second kappa shape index (κ2) is 6.64. The van der Waals surface area contributed by atoms with E-state index in [4.69, 9.17) is 5.73 Å². The minimum Gasteiger partial charge on any atom is -0.330 e. The summed E-state index contributed by atoms with van der Waals surface area (Å²) in [7, 11) is 0. The van der Waals surface area contributed by atoms with Gasteiger partial charge in [-0.25, -0.2) is 0 Å². The van der Waals surface area contributed by atoms with E-state index in [2.05, 4.69) is 44.9 Å². The van der Waals surface area contributed by atoms with Crippen molar-refractivity contribution in [2.45, 2.75) is 32.2 Å². The minimum atomic E-state index is 0.385. The molecule has 0 aliphatic carbocycles. The molecule has 2 rings (SSSR count). The van der Waals surface area contributed by atoms with E-state index < -0.39 is 0 Å². The molecule has 1 saturated heterocycles. The summed E-state index contributed by atoms with van der Waals surface area (Å²) in [5, 5.41) is 0. The topological polar surface area (TPSA) is 42.1 Å². The first kappa shape index (κ1) is 14.0. The molecule has 2 N–H and O–H groups in total. The average molecular weight is 312 g/mol. The van der Waals surface area contributed by atoms with Crippen LogP contribution in [0.5, 0.6) is 0 Å². The summed E-state index contributed by atoms with van der Waals surface area (Å²) >= 11 is 3.45.